The van der Waals surface area contributed by atoms with E-state index in [4.69, 9.17) is 18.0 Å². The first-order valence-electron chi connectivity index (χ1n) is 4.52. The summed E-state index contributed by atoms with van der Waals surface area (Å²) in [7, 11) is 0. The van der Waals surface area contributed by atoms with Crippen LogP contribution in [0.25, 0.3) is 0 Å². The SMILES string of the molecule is Cc1[nH]c(C2CC2)nc(=S)c1CN. The fourth-order valence-corrected chi connectivity index (χ4v) is 1.76. The zero-order valence-electron chi connectivity index (χ0n) is 7.63. The van der Waals surface area contributed by atoms with Gasteiger partial charge >= 0.3 is 0 Å². The highest BCUT2D eigenvalue weighted by molar-refractivity contribution is 7.71. The highest BCUT2D eigenvalue weighted by Gasteiger charge is 2.26. The second-order valence-electron chi connectivity index (χ2n) is 3.51. The van der Waals surface area contributed by atoms with Gasteiger partial charge in [-0.25, -0.2) is 4.98 Å². The first kappa shape index (κ1) is 8.84. The molecule has 0 bridgehead atoms. The number of hydrogen-bond acceptors (Lipinski definition) is 3. The van der Waals surface area contributed by atoms with E-state index in [2.05, 4.69) is 9.97 Å². The van der Waals surface area contributed by atoms with E-state index in [1.54, 1.807) is 0 Å². The van der Waals surface area contributed by atoms with Crippen molar-refractivity contribution in [2.75, 3.05) is 0 Å². The Hall–Kier alpha value is -0.740. The number of nitrogens with two attached hydrogens (primary N) is 1. The molecule has 4 heteroatoms. The first-order valence-corrected chi connectivity index (χ1v) is 4.93. The normalized spacial score (nSPS) is 16.2. The Morgan fingerprint density at radius 3 is 2.77 bits per heavy atom. The third kappa shape index (κ3) is 1.64. The van der Waals surface area contributed by atoms with E-state index in [0.717, 1.165) is 17.1 Å². The third-order valence-electron chi connectivity index (χ3n) is 2.42. The quantitative estimate of drug-likeness (QED) is 0.707. The summed E-state index contributed by atoms with van der Waals surface area (Å²) in [4.78, 5) is 7.62. The molecule has 0 aromatic carbocycles. The molecule has 1 heterocycles. The van der Waals surface area contributed by atoms with Crippen LogP contribution in [0.2, 0.25) is 0 Å². The van der Waals surface area contributed by atoms with Crippen molar-refractivity contribution >= 4 is 12.2 Å². The number of rotatable bonds is 2. The van der Waals surface area contributed by atoms with Crippen LogP contribution >= 0.6 is 12.2 Å². The molecule has 13 heavy (non-hydrogen) atoms. The van der Waals surface area contributed by atoms with Gasteiger partial charge in [-0.1, -0.05) is 12.2 Å². The van der Waals surface area contributed by atoms with Crippen LogP contribution in [0.1, 0.15) is 35.8 Å². The second kappa shape index (κ2) is 3.20. The molecule has 0 spiro atoms. The maximum atomic E-state index is 5.57. The van der Waals surface area contributed by atoms with Crippen LogP contribution < -0.4 is 5.73 Å². The molecule has 1 aromatic heterocycles. The molecule has 0 radical (unpaired) electrons. The maximum absolute atomic E-state index is 5.57. The second-order valence-corrected chi connectivity index (χ2v) is 3.90. The van der Waals surface area contributed by atoms with E-state index in [1.807, 2.05) is 6.92 Å². The van der Waals surface area contributed by atoms with Gasteiger partial charge in [0.05, 0.1) is 0 Å². The Balaban J connectivity index is 2.48. The van der Waals surface area contributed by atoms with Crippen LogP contribution in [0, 0.1) is 11.6 Å². The zero-order valence-corrected chi connectivity index (χ0v) is 8.45. The molecule has 1 saturated carbocycles. The molecule has 0 unspecified atom stereocenters. The van der Waals surface area contributed by atoms with Crippen molar-refractivity contribution in [1.29, 1.82) is 0 Å². The van der Waals surface area contributed by atoms with Crippen LogP contribution in [-0.4, -0.2) is 9.97 Å². The van der Waals surface area contributed by atoms with Gasteiger partial charge in [0.15, 0.2) is 0 Å². The summed E-state index contributed by atoms with van der Waals surface area (Å²) in [6, 6.07) is 0. The Morgan fingerprint density at radius 1 is 1.62 bits per heavy atom. The lowest BCUT2D eigenvalue weighted by Crippen LogP contribution is -2.06. The lowest BCUT2D eigenvalue weighted by Gasteiger charge is -2.05. The Kier molecular flexibility index (Phi) is 2.17. The van der Waals surface area contributed by atoms with Gasteiger partial charge in [0.25, 0.3) is 0 Å². The largest absolute Gasteiger partial charge is 0.347 e. The smallest absolute Gasteiger partial charge is 0.134 e. The minimum Gasteiger partial charge on any atom is -0.347 e. The standard InChI is InChI=1S/C9H13N3S/c1-5-7(4-10)9(13)12-8(11-5)6-2-3-6/h6H,2-4,10H2,1H3,(H,11,12,13). The van der Waals surface area contributed by atoms with Crippen molar-refractivity contribution in [3.63, 3.8) is 0 Å². The van der Waals surface area contributed by atoms with Crippen LogP contribution in [0.4, 0.5) is 0 Å². The summed E-state index contributed by atoms with van der Waals surface area (Å²) >= 11 is 5.16. The third-order valence-corrected chi connectivity index (χ3v) is 2.75. The molecule has 70 valence electrons. The van der Waals surface area contributed by atoms with Crippen molar-refractivity contribution in [2.24, 2.45) is 5.73 Å². The minimum atomic E-state index is 0.471. The van der Waals surface area contributed by atoms with Crippen LogP contribution in [0.3, 0.4) is 0 Å². The summed E-state index contributed by atoms with van der Waals surface area (Å²) in [5, 5.41) is 0. The molecule has 0 aliphatic heterocycles. The number of nitrogens with one attached hydrogen (secondary N) is 1. The van der Waals surface area contributed by atoms with Crippen molar-refractivity contribution in [3.8, 4) is 0 Å². The fourth-order valence-electron chi connectivity index (χ4n) is 1.42. The molecular formula is C9H13N3S. The summed E-state index contributed by atoms with van der Waals surface area (Å²) in [5.41, 5.74) is 7.61. The predicted molar refractivity (Wildman–Crippen MR) is 54.0 cm³/mol. The molecule has 0 amide bonds. The zero-order chi connectivity index (χ0) is 9.42. The number of aromatic amines is 1. The van der Waals surface area contributed by atoms with E-state index in [0.29, 0.717) is 17.1 Å². The lowest BCUT2D eigenvalue weighted by atomic mass is 10.2. The number of nitrogens with zero attached hydrogens (tertiary/aromatic N) is 1. The van der Waals surface area contributed by atoms with Crippen LogP contribution in [-0.2, 0) is 6.54 Å². The maximum Gasteiger partial charge on any atom is 0.134 e. The fraction of sp³-hybridized carbons (Fsp3) is 0.556. The number of aromatic nitrogens is 2. The molecule has 2 rings (SSSR count). The number of aryl methyl sites for hydroxylation is 1. The minimum absolute atomic E-state index is 0.471. The van der Waals surface area contributed by atoms with Crippen molar-refractivity contribution in [2.45, 2.75) is 32.2 Å². The van der Waals surface area contributed by atoms with E-state index in [1.165, 1.54) is 12.8 Å². The molecule has 3 N–H and O–H groups in total. The Morgan fingerprint density at radius 2 is 2.31 bits per heavy atom. The summed E-state index contributed by atoms with van der Waals surface area (Å²) in [5.74, 6) is 1.66. The number of hydrogen-bond donors (Lipinski definition) is 2. The molecule has 1 aliphatic carbocycles. The van der Waals surface area contributed by atoms with Gasteiger partial charge in [-0.05, 0) is 19.8 Å². The molecular weight excluding hydrogens is 182 g/mol. The van der Waals surface area contributed by atoms with E-state index < -0.39 is 0 Å². The van der Waals surface area contributed by atoms with Crippen molar-refractivity contribution < 1.29 is 0 Å². The van der Waals surface area contributed by atoms with E-state index in [9.17, 15) is 0 Å². The topological polar surface area (TPSA) is 54.7 Å². The monoisotopic (exact) mass is 195 g/mol. The Bertz CT molecular complexity index is 379. The molecule has 1 fully saturated rings. The van der Waals surface area contributed by atoms with E-state index >= 15 is 0 Å². The van der Waals surface area contributed by atoms with Gasteiger partial charge in [-0.2, -0.15) is 0 Å². The summed E-state index contributed by atoms with van der Waals surface area (Å²) in [6.07, 6.45) is 2.47. The molecule has 0 saturated heterocycles. The first-order chi connectivity index (χ1) is 6.22. The summed E-state index contributed by atoms with van der Waals surface area (Å²) in [6.45, 7) is 2.48. The van der Waals surface area contributed by atoms with E-state index in [-0.39, 0.29) is 0 Å². The molecule has 1 aliphatic rings. The highest BCUT2D eigenvalue weighted by atomic mass is 32.1. The summed E-state index contributed by atoms with van der Waals surface area (Å²) < 4.78 is 0.667. The lowest BCUT2D eigenvalue weighted by molar-refractivity contribution is 0.862. The van der Waals surface area contributed by atoms with Gasteiger partial charge in [0.2, 0.25) is 0 Å². The van der Waals surface area contributed by atoms with Gasteiger partial charge in [-0.3, -0.25) is 0 Å². The number of H-pyrrole nitrogens is 1. The average molecular weight is 195 g/mol. The van der Waals surface area contributed by atoms with Crippen LogP contribution in [0.5, 0.6) is 0 Å². The van der Waals surface area contributed by atoms with Gasteiger partial charge in [0, 0.05) is 23.7 Å². The van der Waals surface area contributed by atoms with Gasteiger partial charge < -0.3 is 10.7 Å². The molecule has 1 aromatic rings. The highest BCUT2D eigenvalue weighted by Crippen LogP contribution is 2.38. The Labute approximate surface area is 82.4 Å². The van der Waals surface area contributed by atoms with Crippen molar-refractivity contribution in [3.05, 3.63) is 21.7 Å². The van der Waals surface area contributed by atoms with Gasteiger partial charge in [0.1, 0.15) is 10.5 Å². The van der Waals surface area contributed by atoms with Gasteiger partial charge in [-0.15, -0.1) is 0 Å². The van der Waals surface area contributed by atoms with Crippen molar-refractivity contribution in [1.82, 2.24) is 9.97 Å². The molecule has 0 atom stereocenters. The average Bonchev–Trinajstić information content (AvgIpc) is 2.85. The van der Waals surface area contributed by atoms with Crippen LogP contribution in [0.15, 0.2) is 0 Å². The molecule has 3 nitrogen and oxygen atoms in total. The predicted octanol–water partition coefficient (Wildman–Crippen LogP) is 1.78.